The maximum Gasteiger partial charge on any atom is 0.193 e. The standard InChI is InChI=1S/C18H28FN3O.HI/c1-18(2,15-5-7-16(19)8-6-15)13-21-17(20-3)22(4)11-14-9-10-23-12-14;/h5-8,14H,9-13H2,1-4H3,(H,20,21);1H. The molecule has 1 aliphatic rings. The van der Waals surface area contributed by atoms with Gasteiger partial charge in [0.25, 0.3) is 0 Å². The van der Waals surface area contributed by atoms with E-state index >= 15 is 0 Å². The number of nitrogens with zero attached hydrogens (tertiary/aromatic N) is 2. The molecule has 2 rings (SSSR count). The highest BCUT2D eigenvalue weighted by atomic mass is 127. The van der Waals surface area contributed by atoms with Gasteiger partial charge in [0.2, 0.25) is 0 Å². The monoisotopic (exact) mass is 449 g/mol. The van der Waals surface area contributed by atoms with Crippen molar-refractivity contribution >= 4 is 29.9 Å². The van der Waals surface area contributed by atoms with Crippen LogP contribution >= 0.6 is 24.0 Å². The van der Waals surface area contributed by atoms with Gasteiger partial charge in [0.05, 0.1) is 6.61 Å². The van der Waals surface area contributed by atoms with E-state index in [1.807, 2.05) is 12.1 Å². The van der Waals surface area contributed by atoms with E-state index in [-0.39, 0.29) is 35.2 Å². The molecule has 0 radical (unpaired) electrons. The summed E-state index contributed by atoms with van der Waals surface area (Å²) in [5.74, 6) is 1.25. The highest BCUT2D eigenvalue weighted by Crippen LogP contribution is 2.22. The Morgan fingerprint density at radius 3 is 2.58 bits per heavy atom. The average molecular weight is 449 g/mol. The van der Waals surface area contributed by atoms with Crippen LogP contribution in [0.3, 0.4) is 0 Å². The van der Waals surface area contributed by atoms with Gasteiger partial charge in [-0.1, -0.05) is 26.0 Å². The molecule has 0 spiro atoms. The van der Waals surface area contributed by atoms with Crippen molar-refractivity contribution in [3.8, 4) is 0 Å². The fourth-order valence-electron chi connectivity index (χ4n) is 2.89. The predicted molar refractivity (Wildman–Crippen MR) is 108 cm³/mol. The zero-order valence-electron chi connectivity index (χ0n) is 15.0. The van der Waals surface area contributed by atoms with Gasteiger partial charge in [0.15, 0.2) is 5.96 Å². The Morgan fingerprint density at radius 2 is 2.04 bits per heavy atom. The lowest BCUT2D eigenvalue weighted by Gasteiger charge is -2.30. The molecule has 1 fully saturated rings. The molecular weight excluding hydrogens is 420 g/mol. The van der Waals surface area contributed by atoms with E-state index in [2.05, 4.69) is 36.1 Å². The van der Waals surface area contributed by atoms with Gasteiger partial charge in [-0.15, -0.1) is 24.0 Å². The molecule has 136 valence electrons. The van der Waals surface area contributed by atoms with E-state index < -0.39 is 0 Å². The molecule has 1 saturated heterocycles. The summed E-state index contributed by atoms with van der Waals surface area (Å²) in [5.41, 5.74) is 0.995. The normalized spacial score (nSPS) is 18.2. The summed E-state index contributed by atoms with van der Waals surface area (Å²) in [6.45, 7) is 7.66. The molecule has 1 aromatic carbocycles. The van der Waals surface area contributed by atoms with Crippen molar-refractivity contribution in [2.24, 2.45) is 10.9 Å². The van der Waals surface area contributed by atoms with Gasteiger partial charge in [-0.05, 0) is 24.1 Å². The summed E-state index contributed by atoms with van der Waals surface area (Å²) < 4.78 is 18.5. The summed E-state index contributed by atoms with van der Waals surface area (Å²) in [6.07, 6.45) is 1.11. The third-order valence-corrected chi connectivity index (χ3v) is 4.44. The topological polar surface area (TPSA) is 36.9 Å². The minimum Gasteiger partial charge on any atom is -0.381 e. The van der Waals surface area contributed by atoms with E-state index in [0.29, 0.717) is 5.92 Å². The number of halogens is 2. The first kappa shape index (κ1) is 21.2. The van der Waals surface area contributed by atoms with Crippen LogP contribution in [0, 0.1) is 11.7 Å². The fraction of sp³-hybridized carbons (Fsp3) is 0.611. The Balaban J connectivity index is 0.00000288. The number of hydrogen-bond acceptors (Lipinski definition) is 2. The van der Waals surface area contributed by atoms with Crippen LogP contribution in [-0.2, 0) is 10.2 Å². The lowest BCUT2D eigenvalue weighted by atomic mass is 9.84. The van der Waals surface area contributed by atoms with Gasteiger partial charge in [-0.3, -0.25) is 4.99 Å². The smallest absolute Gasteiger partial charge is 0.193 e. The number of hydrogen-bond donors (Lipinski definition) is 1. The van der Waals surface area contributed by atoms with Crippen LogP contribution < -0.4 is 5.32 Å². The molecule has 1 atom stereocenters. The first-order chi connectivity index (χ1) is 10.9. The predicted octanol–water partition coefficient (Wildman–Crippen LogP) is 3.27. The van der Waals surface area contributed by atoms with Crippen LogP contribution in [0.1, 0.15) is 25.8 Å². The summed E-state index contributed by atoms with van der Waals surface area (Å²) in [4.78, 5) is 6.52. The Hall–Kier alpha value is -0.890. The number of aliphatic imine (C=N–C) groups is 1. The van der Waals surface area contributed by atoms with E-state index in [0.717, 1.165) is 44.2 Å². The molecule has 4 nitrogen and oxygen atoms in total. The first-order valence-electron chi connectivity index (χ1n) is 8.18. The number of benzene rings is 1. The SMILES string of the molecule is CN=C(NCC(C)(C)c1ccc(F)cc1)N(C)CC1CCOC1.I. The van der Waals surface area contributed by atoms with E-state index in [9.17, 15) is 4.39 Å². The van der Waals surface area contributed by atoms with E-state index in [1.165, 1.54) is 12.1 Å². The second-order valence-electron chi connectivity index (χ2n) is 6.90. The molecule has 6 heteroatoms. The van der Waals surface area contributed by atoms with E-state index in [1.54, 1.807) is 7.05 Å². The van der Waals surface area contributed by atoms with Gasteiger partial charge < -0.3 is 15.0 Å². The Kier molecular flexibility index (Phi) is 8.42. The maximum atomic E-state index is 13.1. The first-order valence-corrected chi connectivity index (χ1v) is 8.18. The Morgan fingerprint density at radius 1 is 1.38 bits per heavy atom. The lowest BCUT2D eigenvalue weighted by Crippen LogP contribution is -2.45. The summed E-state index contributed by atoms with van der Waals surface area (Å²) in [7, 11) is 3.85. The molecule has 1 unspecified atom stereocenters. The van der Waals surface area contributed by atoms with Gasteiger partial charge in [0.1, 0.15) is 5.82 Å². The maximum absolute atomic E-state index is 13.1. The molecule has 1 heterocycles. The molecule has 0 bridgehead atoms. The van der Waals surface area contributed by atoms with Gasteiger partial charge in [-0.25, -0.2) is 4.39 Å². The Bertz CT molecular complexity index is 528. The van der Waals surface area contributed by atoms with Crippen LogP contribution in [0.4, 0.5) is 4.39 Å². The van der Waals surface area contributed by atoms with Crippen LogP contribution in [0.2, 0.25) is 0 Å². The Labute approximate surface area is 161 Å². The highest BCUT2D eigenvalue weighted by molar-refractivity contribution is 14.0. The number of guanidine groups is 1. The minimum absolute atomic E-state index is 0. The van der Waals surface area contributed by atoms with Gasteiger partial charge in [0, 0.05) is 45.1 Å². The second kappa shape index (κ2) is 9.56. The molecule has 1 N–H and O–H groups in total. The van der Waals surface area contributed by atoms with Crippen LogP contribution in [0.15, 0.2) is 29.3 Å². The molecule has 1 aromatic rings. The van der Waals surface area contributed by atoms with Crippen molar-refractivity contribution in [3.05, 3.63) is 35.6 Å². The molecule has 1 aliphatic heterocycles. The number of nitrogens with one attached hydrogen (secondary N) is 1. The zero-order valence-corrected chi connectivity index (χ0v) is 17.3. The van der Waals surface area contributed by atoms with E-state index in [4.69, 9.17) is 4.74 Å². The van der Waals surface area contributed by atoms with Crippen molar-refractivity contribution in [1.29, 1.82) is 0 Å². The largest absolute Gasteiger partial charge is 0.381 e. The lowest BCUT2D eigenvalue weighted by molar-refractivity contribution is 0.181. The fourth-order valence-corrected chi connectivity index (χ4v) is 2.89. The van der Waals surface area contributed by atoms with Crippen molar-refractivity contribution in [2.75, 3.05) is 40.4 Å². The molecule has 0 aromatic heterocycles. The average Bonchev–Trinajstić information content (AvgIpc) is 3.01. The van der Waals surface area contributed by atoms with Crippen molar-refractivity contribution in [3.63, 3.8) is 0 Å². The van der Waals surface area contributed by atoms with Crippen molar-refractivity contribution < 1.29 is 9.13 Å². The highest BCUT2D eigenvalue weighted by Gasteiger charge is 2.23. The molecular formula is C18H29FIN3O. The second-order valence-corrected chi connectivity index (χ2v) is 6.90. The van der Waals surface area contributed by atoms with Gasteiger partial charge >= 0.3 is 0 Å². The molecule has 0 aliphatic carbocycles. The van der Waals surface area contributed by atoms with Crippen molar-refractivity contribution in [1.82, 2.24) is 10.2 Å². The van der Waals surface area contributed by atoms with Crippen LogP contribution in [-0.4, -0.2) is 51.3 Å². The number of rotatable bonds is 5. The summed E-state index contributed by atoms with van der Waals surface area (Å²) >= 11 is 0. The van der Waals surface area contributed by atoms with Gasteiger partial charge in [-0.2, -0.15) is 0 Å². The molecule has 0 saturated carbocycles. The third-order valence-electron chi connectivity index (χ3n) is 4.44. The zero-order chi connectivity index (χ0) is 16.9. The molecule has 24 heavy (non-hydrogen) atoms. The summed E-state index contributed by atoms with van der Waals surface area (Å²) in [6, 6.07) is 6.72. The minimum atomic E-state index is -0.202. The summed E-state index contributed by atoms with van der Waals surface area (Å²) in [5, 5.41) is 3.44. The quantitative estimate of drug-likeness (QED) is 0.426. The third kappa shape index (κ3) is 5.88. The van der Waals surface area contributed by atoms with Crippen LogP contribution in [0.5, 0.6) is 0 Å². The molecule has 0 amide bonds. The number of ether oxygens (including phenoxy) is 1. The van der Waals surface area contributed by atoms with Crippen LogP contribution in [0.25, 0.3) is 0 Å². The van der Waals surface area contributed by atoms with Crippen molar-refractivity contribution in [2.45, 2.75) is 25.7 Å².